The van der Waals surface area contributed by atoms with Crippen molar-refractivity contribution in [3.8, 4) is 0 Å². The van der Waals surface area contributed by atoms with Gasteiger partial charge in [0, 0.05) is 11.1 Å². The number of anilines is 1. The maximum atomic E-state index is 12.4. The van der Waals surface area contributed by atoms with Gasteiger partial charge in [0.1, 0.15) is 6.61 Å². The lowest BCUT2D eigenvalue weighted by Crippen LogP contribution is -2.32. The maximum absolute atomic E-state index is 12.4. The summed E-state index contributed by atoms with van der Waals surface area (Å²) >= 11 is 0. The van der Waals surface area contributed by atoms with Crippen LogP contribution < -0.4 is 5.32 Å². The summed E-state index contributed by atoms with van der Waals surface area (Å²) in [6, 6.07) is 5.15. The lowest BCUT2D eigenvalue weighted by atomic mass is 9.83. The molecule has 1 amide bonds. The molecule has 1 aromatic rings. The normalized spacial score (nSPS) is 11.8. The van der Waals surface area contributed by atoms with Gasteiger partial charge in [0.05, 0.1) is 6.61 Å². The highest BCUT2D eigenvalue weighted by molar-refractivity contribution is 5.94. The number of aliphatic hydroxyl groups excluding tert-OH is 1. The van der Waals surface area contributed by atoms with E-state index >= 15 is 0 Å². The number of nitrogens with one attached hydrogen (secondary N) is 1. The Bertz CT molecular complexity index is 483. The zero-order chi connectivity index (χ0) is 16.0. The van der Waals surface area contributed by atoms with E-state index in [0.29, 0.717) is 22.7 Å². The standard InChI is InChI=1S/C16H25NO4/c1-11(2)8-16(3,4)15(19)17-14-6-12(9-18)5-13(7-14)10-21-20/h5-7,11,18,20H,8-10H2,1-4H3,(H,17,19). The number of rotatable bonds is 7. The number of benzene rings is 1. The minimum absolute atomic E-state index is 0.00605. The van der Waals surface area contributed by atoms with Crippen LogP contribution in [0.25, 0.3) is 0 Å². The molecule has 21 heavy (non-hydrogen) atoms. The minimum atomic E-state index is -0.475. The quantitative estimate of drug-likeness (QED) is 0.533. The second-order valence-electron chi connectivity index (χ2n) is 6.41. The highest BCUT2D eigenvalue weighted by Gasteiger charge is 2.28. The monoisotopic (exact) mass is 295 g/mol. The Morgan fingerprint density at radius 3 is 2.43 bits per heavy atom. The Hall–Kier alpha value is -1.43. The largest absolute Gasteiger partial charge is 0.392 e. The molecule has 0 aromatic heterocycles. The van der Waals surface area contributed by atoms with Gasteiger partial charge >= 0.3 is 0 Å². The predicted molar refractivity (Wildman–Crippen MR) is 81.6 cm³/mol. The van der Waals surface area contributed by atoms with Crippen molar-refractivity contribution >= 4 is 11.6 Å². The first kappa shape index (κ1) is 17.6. The van der Waals surface area contributed by atoms with Gasteiger partial charge in [-0.3, -0.25) is 10.1 Å². The fourth-order valence-corrected chi connectivity index (χ4v) is 2.50. The molecule has 0 bridgehead atoms. The molecule has 0 saturated carbocycles. The molecule has 0 fully saturated rings. The highest BCUT2D eigenvalue weighted by atomic mass is 17.1. The van der Waals surface area contributed by atoms with Crippen molar-refractivity contribution in [1.82, 2.24) is 0 Å². The molecular formula is C16H25NO4. The second-order valence-corrected chi connectivity index (χ2v) is 6.41. The van der Waals surface area contributed by atoms with Gasteiger partial charge in [-0.15, -0.1) is 0 Å². The molecule has 0 atom stereocenters. The molecule has 0 aliphatic carbocycles. The number of amides is 1. The van der Waals surface area contributed by atoms with Crippen molar-refractivity contribution in [2.24, 2.45) is 11.3 Å². The molecule has 0 heterocycles. The maximum Gasteiger partial charge on any atom is 0.230 e. The van der Waals surface area contributed by atoms with Crippen LogP contribution in [0.2, 0.25) is 0 Å². The summed E-state index contributed by atoms with van der Waals surface area (Å²) in [5, 5.41) is 20.7. The van der Waals surface area contributed by atoms with Crippen molar-refractivity contribution in [3.63, 3.8) is 0 Å². The van der Waals surface area contributed by atoms with Gasteiger partial charge in [-0.25, -0.2) is 4.89 Å². The van der Waals surface area contributed by atoms with Gasteiger partial charge in [0.15, 0.2) is 0 Å². The summed E-state index contributed by atoms with van der Waals surface area (Å²) in [7, 11) is 0. The SMILES string of the molecule is CC(C)CC(C)(C)C(=O)Nc1cc(CO)cc(COO)c1. The molecule has 5 heteroatoms. The van der Waals surface area contributed by atoms with E-state index in [2.05, 4.69) is 24.1 Å². The van der Waals surface area contributed by atoms with E-state index in [4.69, 9.17) is 5.26 Å². The van der Waals surface area contributed by atoms with Gasteiger partial charge in [0.2, 0.25) is 5.91 Å². The van der Waals surface area contributed by atoms with E-state index in [-0.39, 0.29) is 19.1 Å². The summed E-state index contributed by atoms with van der Waals surface area (Å²) < 4.78 is 0. The van der Waals surface area contributed by atoms with Crippen LogP contribution in [-0.2, 0) is 22.9 Å². The van der Waals surface area contributed by atoms with Crippen molar-refractivity contribution in [2.75, 3.05) is 5.32 Å². The first-order valence-electron chi connectivity index (χ1n) is 7.10. The third kappa shape index (κ3) is 5.46. The van der Waals surface area contributed by atoms with E-state index in [1.54, 1.807) is 18.2 Å². The van der Waals surface area contributed by atoms with Crippen LogP contribution in [-0.4, -0.2) is 16.3 Å². The van der Waals surface area contributed by atoms with Crippen molar-refractivity contribution in [2.45, 2.75) is 47.3 Å². The molecule has 118 valence electrons. The molecular weight excluding hydrogens is 270 g/mol. The number of hydrogen-bond acceptors (Lipinski definition) is 4. The van der Waals surface area contributed by atoms with Crippen LogP contribution in [0.1, 0.15) is 45.2 Å². The Morgan fingerprint density at radius 2 is 1.90 bits per heavy atom. The summed E-state index contributed by atoms with van der Waals surface area (Å²) in [4.78, 5) is 16.5. The molecule has 0 aliphatic rings. The number of aliphatic hydroxyl groups is 1. The Morgan fingerprint density at radius 1 is 1.29 bits per heavy atom. The van der Waals surface area contributed by atoms with E-state index in [1.165, 1.54) is 0 Å². The molecule has 5 nitrogen and oxygen atoms in total. The summed E-state index contributed by atoms with van der Waals surface area (Å²) in [5.74, 6) is 0.357. The average Bonchev–Trinajstić information content (AvgIpc) is 2.37. The van der Waals surface area contributed by atoms with Gasteiger partial charge in [-0.2, -0.15) is 0 Å². The summed E-state index contributed by atoms with van der Waals surface area (Å²) in [5.41, 5.74) is 1.45. The van der Waals surface area contributed by atoms with Crippen LogP contribution in [0, 0.1) is 11.3 Å². The molecule has 0 radical (unpaired) electrons. The zero-order valence-corrected chi connectivity index (χ0v) is 13.1. The second kappa shape index (κ2) is 7.54. The van der Waals surface area contributed by atoms with Crippen molar-refractivity contribution < 1.29 is 20.0 Å². The Labute approximate surface area is 125 Å². The molecule has 1 rings (SSSR count). The Kier molecular flexibility index (Phi) is 6.33. The third-order valence-electron chi connectivity index (χ3n) is 3.26. The van der Waals surface area contributed by atoms with Gasteiger partial charge in [-0.05, 0) is 35.6 Å². The number of carbonyl (C=O) groups is 1. The van der Waals surface area contributed by atoms with Crippen molar-refractivity contribution in [1.29, 1.82) is 0 Å². The van der Waals surface area contributed by atoms with E-state index < -0.39 is 5.41 Å². The van der Waals surface area contributed by atoms with Crippen LogP contribution in [0.4, 0.5) is 5.69 Å². The van der Waals surface area contributed by atoms with Crippen LogP contribution in [0.15, 0.2) is 18.2 Å². The number of carbonyl (C=O) groups excluding carboxylic acids is 1. The molecule has 0 spiro atoms. The van der Waals surface area contributed by atoms with Crippen LogP contribution in [0.5, 0.6) is 0 Å². The van der Waals surface area contributed by atoms with E-state index in [1.807, 2.05) is 13.8 Å². The molecule has 0 aliphatic heterocycles. The van der Waals surface area contributed by atoms with E-state index in [0.717, 1.165) is 6.42 Å². The fourth-order valence-electron chi connectivity index (χ4n) is 2.50. The van der Waals surface area contributed by atoms with Crippen molar-refractivity contribution in [3.05, 3.63) is 29.3 Å². The third-order valence-corrected chi connectivity index (χ3v) is 3.26. The predicted octanol–water partition coefficient (Wildman–Crippen LogP) is 3.18. The highest BCUT2D eigenvalue weighted by Crippen LogP contribution is 2.27. The Balaban J connectivity index is 2.91. The van der Waals surface area contributed by atoms with Crippen LogP contribution in [0.3, 0.4) is 0 Å². The topological polar surface area (TPSA) is 78.8 Å². The zero-order valence-electron chi connectivity index (χ0n) is 13.1. The molecule has 0 saturated heterocycles. The van der Waals surface area contributed by atoms with Gasteiger partial charge in [-0.1, -0.05) is 33.8 Å². The summed E-state index contributed by atoms with van der Waals surface area (Å²) in [6.07, 6.45) is 0.783. The first-order valence-corrected chi connectivity index (χ1v) is 7.10. The smallest absolute Gasteiger partial charge is 0.230 e. The number of hydrogen-bond donors (Lipinski definition) is 3. The van der Waals surface area contributed by atoms with Gasteiger partial charge < -0.3 is 10.4 Å². The van der Waals surface area contributed by atoms with Gasteiger partial charge in [0.25, 0.3) is 0 Å². The molecule has 3 N–H and O–H groups in total. The first-order chi connectivity index (χ1) is 9.78. The summed E-state index contributed by atoms with van der Waals surface area (Å²) in [6.45, 7) is 7.85. The lowest BCUT2D eigenvalue weighted by Gasteiger charge is -2.25. The lowest BCUT2D eigenvalue weighted by molar-refractivity contribution is -0.253. The van der Waals surface area contributed by atoms with Crippen LogP contribution >= 0.6 is 0 Å². The van der Waals surface area contributed by atoms with E-state index in [9.17, 15) is 9.90 Å². The fraction of sp³-hybridized carbons (Fsp3) is 0.562. The molecule has 1 aromatic carbocycles. The molecule has 0 unspecified atom stereocenters. The minimum Gasteiger partial charge on any atom is -0.392 e. The average molecular weight is 295 g/mol.